The molecule has 0 bridgehead atoms. The maximum Gasteiger partial charge on any atom is 0.410 e. The maximum absolute atomic E-state index is 12.6. The van der Waals surface area contributed by atoms with Crippen LogP contribution < -0.4 is 10.6 Å². The average Bonchev–Trinajstić information content (AvgIpc) is 2.74. The summed E-state index contributed by atoms with van der Waals surface area (Å²) in [4.78, 5) is 19.2. The molecule has 0 aromatic heterocycles. The zero-order chi connectivity index (χ0) is 22.5. The summed E-state index contributed by atoms with van der Waals surface area (Å²) >= 11 is 0. The van der Waals surface area contributed by atoms with Crippen molar-refractivity contribution >= 4 is 12.1 Å². The summed E-state index contributed by atoms with van der Waals surface area (Å²) in [7, 11) is 0. The van der Waals surface area contributed by atoms with Crippen LogP contribution in [0.2, 0.25) is 0 Å². The van der Waals surface area contributed by atoms with Crippen molar-refractivity contribution < 1.29 is 19.0 Å². The lowest BCUT2D eigenvalue weighted by molar-refractivity contribution is 0.0109. The number of rotatable bonds is 9. The molecule has 2 saturated heterocycles. The van der Waals surface area contributed by atoms with Crippen LogP contribution >= 0.6 is 0 Å². The smallest absolute Gasteiger partial charge is 0.410 e. The van der Waals surface area contributed by atoms with E-state index >= 15 is 0 Å². The van der Waals surface area contributed by atoms with E-state index in [1.165, 1.54) is 0 Å². The molecule has 1 unspecified atom stereocenters. The molecule has 0 spiro atoms. The third-order valence-electron chi connectivity index (χ3n) is 5.51. The molecule has 2 N–H and O–H groups in total. The van der Waals surface area contributed by atoms with Crippen LogP contribution in [0.5, 0.6) is 0 Å². The van der Waals surface area contributed by atoms with Crippen molar-refractivity contribution in [3.05, 3.63) is 0 Å². The molecule has 0 aliphatic carbocycles. The molecule has 0 aromatic carbocycles. The SMILES string of the molecule is CCNC(=NCC1CCCCN1C(=O)OC(C)(C)C)NCCCOCC1CCOCC1. The van der Waals surface area contributed by atoms with Gasteiger partial charge in [0.1, 0.15) is 5.60 Å². The summed E-state index contributed by atoms with van der Waals surface area (Å²) < 4.78 is 16.8. The summed E-state index contributed by atoms with van der Waals surface area (Å²) in [6.45, 7) is 14.0. The Hall–Kier alpha value is -1.54. The number of nitrogens with zero attached hydrogens (tertiary/aromatic N) is 2. The molecule has 180 valence electrons. The third-order valence-corrected chi connectivity index (χ3v) is 5.51. The lowest BCUT2D eigenvalue weighted by Gasteiger charge is -2.36. The minimum atomic E-state index is -0.480. The molecule has 31 heavy (non-hydrogen) atoms. The van der Waals surface area contributed by atoms with Gasteiger partial charge in [0.25, 0.3) is 0 Å². The summed E-state index contributed by atoms with van der Waals surface area (Å²) in [5.41, 5.74) is -0.480. The van der Waals surface area contributed by atoms with Crippen LogP contribution in [0.15, 0.2) is 4.99 Å². The van der Waals surface area contributed by atoms with Crippen LogP contribution in [0.1, 0.15) is 66.2 Å². The van der Waals surface area contributed by atoms with Gasteiger partial charge in [-0.15, -0.1) is 0 Å². The number of piperidine rings is 1. The van der Waals surface area contributed by atoms with Crippen molar-refractivity contribution in [2.75, 3.05) is 52.6 Å². The number of carbonyl (C=O) groups is 1. The molecule has 2 aliphatic heterocycles. The zero-order valence-corrected chi connectivity index (χ0v) is 20.1. The molecule has 1 atom stereocenters. The summed E-state index contributed by atoms with van der Waals surface area (Å²) in [5.74, 6) is 1.44. The Labute approximate surface area is 188 Å². The molecule has 8 nitrogen and oxygen atoms in total. The average molecular weight is 441 g/mol. The molecule has 2 fully saturated rings. The zero-order valence-electron chi connectivity index (χ0n) is 20.1. The standard InChI is InChI=1S/C23H44N4O4/c1-5-24-21(25-12-8-14-30-18-19-10-15-29-16-11-19)26-17-20-9-6-7-13-27(20)22(28)31-23(2,3)4/h19-20H,5-18H2,1-4H3,(H2,24,25,26). The van der Waals surface area contributed by atoms with Gasteiger partial charge in [0.05, 0.1) is 12.6 Å². The lowest BCUT2D eigenvalue weighted by atomic mass is 10.0. The fourth-order valence-corrected chi connectivity index (χ4v) is 3.83. The highest BCUT2D eigenvalue weighted by atomic mass is 16.6. The van der Waals surface area contributed by atoms with E-state index in [1.807, 2.05) is 25.7 Å². The van der Waals surface area contributed by atoms with Crippen LogP contribution in [0.3, 0.4) is 0 Å². The summed E-state index contributed by atoms with van der Waals surface area (Å²) in [5, 5.41) is 6.68. The van der Waals surface area contributed by atoms with E-state index < -0.39 is 5.60 Å². The number of guanidine groups is 1. The highest BCUT2D eigenvalue weighted by Crippen LogP contribution is 2.20. The van der Waals surface area contributed by atoms with Gasteiger partial charge in [-0.05, 0) is 72.1 Å². The lowest BCUT2D eigenvalue weighted by Crippen LogP contribution is -2.48. The molecule has 1 amide bonds. The van der Waals surface area contributed by atoms with Gasteiger partial charge in [0.2, 0.25) is 0 Å². The molecule has 2 rings (SSSR count). The Morgan fingerprint density at radius 3 is 2.65 bits per heavy atom. The van der Waals surface area contributed by atoms with Crippen molar-refractivity contribution in [3.8, 4) is 0 Å². The van der Waals surface area contributed by atoms with E-state index in [2.05, 4.69) is 17.6 Å². The van der Waals surface area contributed by atoms with E-state index in [1.54, 1.807) is 0 Å². The van der Waals surface area contributed by atoms with E-state index in [-0.39, 0.29) is 12.1 Å². The molecule has 0 aromatic rings. The van der Waals surface area contributed by atoms with Crippen molar-refractivity contribution in [3.63, 3.8) is 0 Å². The number of amides is 1. The number of ether oxygens (including phenoxy) is 3. The van der Waals surface area contributed by atoms with E-state index in [9.17, 15) is 4.79 Å². The van der Waals surface area contributed by atoms with Crippen molar-refractivity contribution in [1.29, 1.82) is 0 Å². The molecule has 2 aliphatic rings. The largest absolute Gasteiger partial charge is 0.444 e. The number of aliphatic imine (C=N–C) groups is 1. The predicted octanol–water partition coefficient (Wildman–Crippen LogP) is 3.16. The number of likely N-dealkylation sites (tertiary alicyclic amines) is 1. The first kappa shape index (κ1) is 25.7. The van der Waals surface area contributed by atoms with Crippen LogP contribution in [-0.2, 0) is 14.2 Å². The van der Waals surface area contributed by atoms with Gasteiger partial charge in [0, 0.05) is 46.1 Å². The Morgan fingerprint density at radius 1 is 1.16 bits per heavy atom. The van der Waals surface area contributed by atoms with Gasteiger partial charge < -0.3 is 29.7 Å². The molecule has 2 heterocycles. The number of hydrogen-bond acceptors (Lipinski definition) is 5. The van der Waals surface area contributed by atoms with Gasteiger partial charge >= 0.3 is 6.09 Å². The highest BCUT2D eigenvalue weighted by molar-refractivity contribution is 5.79. The van der Waals surface area contributed by atoms with E-state index in [0.717, 1.165) is 90.5 Å². The second-order valence-electron chi connectivity index (χ2n) is 9.45. The Balaban J connectivity index is 1.73. The van der Waals surface area contributed by atoms with Crippen LogP contribution in [-0.4, -0.2) is 81.2 Å². The van der Waals surface area contributed by atoms with Gasteiger partial charge in [-0.1, -0.05) is 0 Å². The van der Waals surface area contributed by atoms with Gasteiger partial charge in [-0.3, -0.25) is 4.99 Å². The number of hydrogen-bond donors (Lipinski definition) is 2. The fraction of sp³-hybridized carbons (Fsp3) is 0.913. The summed E-state index contributed by atoms with van der Waals surface area (Å²) in [6, 6.07) is 0.0851. The van der Waals surface area contributed by atoms with Crippen LogP contribution in [0, 0.1) is 5.92 Å². The second kappa shape index (κ2) is 13.8. The first-order valence-corrected chi connectivity index (χ1v) is 12.1. The first-order valence-electron chi connectivity index (χ1n) is 12.1. The van der Waals surface area contributed by atoms with Crippen molar-refractivity contribution in [2.24, 2.45) is 10.9 Å². The monoisotopic (exact) mass is 440 g/mol. The van der Waals surface area contributed by atoms with Crippen molar-refractivity contribution in [1.82, 2.24) is 15.5 Å². The molecule has 0 radical (unpaired) electrons. The predicted molar refractivity (Wildman–Crippen MR) is 124 cm³/mol. The normalized spacial score (nSPS) is 21.1. The first-order chi connectivity index (χ1) is 14.9. The van der Waals surface area contributed by atoms with Gasteiger partial charge in [-0.2, -0.15) is 0 Å². The van der Waals surface area contributed by atoms with Gasteiger partial charge in [0.15, 0.2) is 5.96 Å². The van der Waals surface area contributed by atoms with Crippen LogP contribution in [0.25, 0.3) is 0 Å². The Bertz CT molecular complexity index is 544. The quantitative estimate of drug-likeness (QED) is 0.325. The third kappa shape index (κ3) is 10.5. The van der Waals surface area contributed by atoms with Gasteiger partial charge in [-0.25, -0.2) is 4.79 Å². The molecule has 8 heteroatoms. The topological polar surface area (TPSA) is 84.4 Å². The minimum absolute atomic E-state index is 0.0851. The highest BCUT2D eigenvalue weighted by Gasteiger charge is 2.30. The Kier molecular flexibility index (Phi) is 11.4. The molecular formula is C23H44N4O4. The van der Waals surface area contributed by atoms with E-state index in [4.69, 9.17) is 19.2 Å². The Morgan fingerprint density at radius 2 is 1.94 bits per heavy atom. The maximum atomic E-state index is 12.6. The number of carbonyl (C=O) groups excluding carboxylic acids is 1. The van der Waals surface area contributed by atoms with Crippen LogP contribution in [0.4, 0.5) is 4.79 Å². The minimum Gasteiger partial charge on any atom is -0.444 e. The van der Waals surface area contributed by atoms with E-state index in [0.29, 0.717) is 12.5 Å². The number of nitrogens with one attached hydrogen (secondary N) is 2. The van der Waals surface area contributed by atoms with Crippen molar-refractivity contribution in [2.45, 2.75) is 77.9 Å². The molecular weight excluding hydrogens is 396 g/mol. The summed E-state index contributed by atoms with van der Waals surface area (Å²) in [6.07, 6.45) is 6.02. The fourth-order valence-electron chi connectivity index (χ4n) is 3.83. The molecule has 0 saturated carbocycles. The second-order valence-corrected chi connectivity index (χ2v) is 9.45.